The van der Waals surface area contributed by atoms with Crippen LogP contribution in [0.2, 0.25) is 0 Å². The van der Waals surface area contributed by atoms with Gasteiger partial charge in [-0.2, -0.15) is 0 Å². The Hall–Kier alpha value is -1.65. The van der Waals surface area contributed by atoms with Gasteiger partial charge in [0.05, 0.1) is 0 Å². The second kappa shape index (κ2) is 4.08. The van der Waals surface area contributed by atoms with Crippen molar-refractivity contribution < 1.29 is 0 Å². The van der Waals surface area contributed by atoms with Gasteiger partial charge in [-0.15, -0.1) is 0 Å². The van der Waals surface area contributed by atoms with Crippen molar-refractivity contribution in [1.29, 1.82) is 5.41 Å². The maximum absolute atomic E-state index is 7.35. The molecule has 0 aliphatic heterocycles. The number of nitrogen functional groups attached to an aromatic ring is 1. The normalized spacial score (nSPS) is 16.9. The second-order valence-electron chi connectivity index (χ2n) is 4.34. The van der Waals surface area contributed by atoms with E-state index in [9.17, 15) is 0 Å². The van der Waals surface area contributed by atoms with Gasteiger partial charge in [0.15, 0.2) is 0 Å². The Bertz CT molecular complexity index is 399. The molecule has 5 heteroatoms. The molecule has 3 N–H and O–H groups in total. The molecular formula is C11H17N5. The lowest BCUT2D eigenvalue weighted by atomic mass is 10.2. The molecule has 1 aliphatic rings. The number of anilines is 1. The number of nitrogens with zero attached hydrogens (tertiary/aromatic N) is 3. The highest BCUT2D eigenvalue weighted by atomic mass is 15.3. The minimum Gasteiger partial charge on any atom is -0.382 e. The fraction of sp³-hybridized carbons (Fsp3) is 0.545. The smallest absolute Gasteiger partial charge is 0.225 e. The first-order chi connectivity index (χ1) is 7.59. The summed E-state index contributed by atoms with van der Waals surface area (Å²) in [6.45, 7) is 2.18. The number of hydrogen-bond donors (Lipinski definition) is 2. The van der Waals surface area contributed by atoms with Crippen LogP contribution in [0, 0.1) is 11.3 Å². The molecule has 86 valence electrons. The fourth-order valence-corrected chi connectivity index (χ4v) is 1.75. The van der Waals surface area contributed by atoms with Gasteiger partial charge in [0, 0.05) is 19.3 Å². The van der Waals surface area contributed by atoms with Gasteiger partial charge in [-0.3, -0.25) is 5.41 Å². The number of amidine groups is 1. The summed E-state index contributed by atoms with van der Waals surface area (Å²) in [5, 5.41) is 7.35. The predicted octanol–water partition coefficient (Wildman–Crippen LogP) is 0.995. The molecule has 1 unspecified atom stereocenters. The Morgan fingerprint density at radius 2 is 2.31 bits per heavy atom. The van der Waals surface area contributed by atoms with Crippen LogP contribution in [0.1, 0.15) is 25.5 Å². The summed E-state index contributed by atoms with van der Waals surface area (Å²) in [5.41, 5.74) is 5.89. The van der Waals surface area contributed by atoms with Crippen molar-refractivity contribution in [3.8, 4) is 0 Å². The zero-order chi connectivity index (χ0) is 11.7. The van der Waals surface area contributed by atoms with E-state index in [0.29, 0.717) is 17.7 Å². The number of hydrogen-bond acceptors (Lipinski definition) is 4. The third kappa shape index (κ3) is 2.13. The second-order valence-corrected chi connectivity index (χ2v) is 4.34. The van der Waals surface area contributed by atoms with Crippen LogP contribution in [0.3, 0.4) is 0 Å². The number of aromatic nitrogens is 2. The molecule has 0 spiro atoms. The number of rotatable bonds is 4. The minimum atomic E-state index is -0.0175. The van der Waals surface area contributed by atoms with Gasteiger partial charge in [0.2, 0.25) is 5.95 Å². The molecule has 5 nitrogen and oxygen atoms in total. The highest BCUT2D eigenvalue weighted by Crippen LogP contribution is 2.35. The molecule has 0 amide bonds. The van der Waals surface area contributed by atoms with Crippen LogP contribution in [0.15, 0.2) is 12.3 Å². The average Bonchev–Trinajstić information content (AvgIpc) is 3.11. The lowest BCUT2D eigenvalue weighted by Gasteiger charge is -2.24. The van der Waals surface area contributed by atoms with Crippen LogP contribution in [0.5, 0.6) is 0 Å². The van der Waals surface area contributed by atoms with Crippen LogP contribution in [0.25, 0.3) is 0 Å². The minimum absolute atomic E-state index is 0.0175. The first kappa shape index (κ1) is 10.9. The largest absolute Gasteiger partial charge is 0.382 e. The molecule has 0 aromatic carbocycles. The van der Waals surface area contributed by atoms with E-state index < -0.39 is 0 Å². The summed E-state index contributed by atoms with van der Waals surface area (Å²) in [6.07, 6.45) is 4.23. The molecule has 0 bridgehead atoms. The van der Waals surface area contributed by atoms with Gasteiger partial charge >= 0.3 is 0 Å². The van der Waals surface area contributed by atoms with E-state index in [-0.39, 0.29) is 5.84 Å². The van der Waals surface area contributed by atoms with Crippen LogP contribution < -0.4 is 10.6 Å². The first-order valence-electron chi connectivity index (χ1n) is 5.50. The molecule has 2 rings (SSSR count). The summed E-state index contributed by atoms with van der Waals surface area (Å²) < 4.78 is 0. The summed E-state index contributed by atoms with van der Waals surface area (Å²) >= 11 is 0. The van der Waals surface area contributed by atoms with E-state index in [0.717, 1.165) is 5.92 Å². The summed E-state index contributed by atoms with van der Waals surface area (Å²) in [5.74, 6) is 1.39. The van der Waals surface area contributed by atoms with Crippen molar-refractivity contribution >= 4 is 11.8 Å². The zero-order valence-electron chi connectivity index (χ0n) is 9.64. The Balaban J connectivity index is 2.18. The molecule has 1 aliphatic carbocycles. The molecule has 1 heterocycles. The van der Waals surface area contributed by atoms with E-state index in [1.165, 1.54) is 12.8 Å². The molecule has 1 aromatic heterocycles. The molecule has 1 saturated carbocycles. The van der Waals surface area contributed by atoms with Crippen molar-refractivity contribution in [3.05, 3.63) is 18.0 Å². The average molecular weight is 219 g/mol. The van der Waals surface area contributed by atoms with E-state index in [2.05, 4.69) is 21.8 Å². The van der Waals surface area contributed by atoms with Crippen molar-refractivity contribution in [2.75, 3.05) is 11.9 Å². The summed E-state index contributed by atoms with van der Waals surface area (Å²) in [4.78, 5) is 10.5. The van der Waals surface area contributed by atoms with Crippen LogP contribution >= 0.6 is 0 Å². The van der Waals surface area contributed by atoms with Crippen molar-refractivity contribution in [3.63, 3.8) is 0 Å². The first-order valence-corrected chi connectivity index (χ1v) is 5.50. The number of nitrogens with two attached hydrogens (primary N) is 1. The Labute approximate surface area is 95.2 Å². The van der Waals surface area contributed by atoms with Crippen LogP contribution in [0.4, 0.5) is 5.95 Å². The summed E-state index contributed by atoms with van der Waals surface area (Å²) in [7, 11) is 1.99. The SMILES string of the molecule is CC(C1CC1)N(C)c1nccc(C(=N)N)n1. The highest BCUT2D eigenvalue weighted by Gasteiger charge is 2.31. The Kier molecular flexibility index (Phi) is 2.77. The zero-order valence-corrected chi connectivity index (χ0v) is 9.64. The monoisotopic (exact) mass is 219 g/mol. The van der Waals surface area contributed by atoms with Crippen molar-refractivity contribution in [1.82, 2.24) is 9.97 Å². The van der Waals surface area contributed by atoms with Crippen LogP contribution in [-0.4, -0.2) is 28.9 Å². The van der Waals surface area contributed by atoms with E-state index in [1.807, 2.05) is 7.05 Å². The van der Waals surface area contributed by atoms with Crippen LogP contribution in [-0.2, 0) is 0 Å². The maximum atomic E-state index is 7.35. The fourth-order valence-electron chi connectivity index (χ4n) is 1.75. The lowest BCUT2D eigenvalue weighted by Crippen LogP contribution is -2.32. The van der Waals surface area contributed by atoms with Crippen molar-refractivity contribution in [2.24, 2.45) is 11.7 Å². The number of nitrogens with one attached hydrogen (secondary N) is 1. The van der Waals surface area contributed by atoms with Gasteiger partial charge in [0.25, 0.3) is 0 Å². The Morgan fingerprint density at radius 1 is 1.62 bits per heavy atom. The van der Waals surface area contributed by atoms with Gasteiger partial charge in [-0.1, -0.05) is 0 Å². The van der Waals surface area contributed by atoms with E-state index >= 15 is 0 Å². The standard InChI is InChI=1S/C11H17N5/c1-7(8-3-4-8)16(2)11-14-6-5-9(15-11)10(12)13/h5-8H,3-4H2,1-2H3,(H3,12,13). The summed E-state index contributed by atoms with van der Waals surface area (Å²) in [6, 6.07) is 2.10. The quantitative estimate of drug-likeness (QED) is 0.585. The molecule has 0 radical (unpaired) electrons. The molecule has 16 heavy (non-hydrogen) atoms. The van der Waals surface area contributed by atoms with Gasteiger partial charge in [-0.25, -0.2) is 9.97 Å². The maximum Gasteiger partial charge on any atom is 0.225 e. The van der Waals surface area contributed by atoms with E-state index in [4.69, 9.17) is 11.1 Å². The molecule has 1 atom stereocenters. The molecular weight excluding hydrogens is 202 g/mol. The van der Waals surface area contributed by atoms with Crippen molar-refractivity contribution in [2.45, 2.75) is 25.8 Å². The van der Waals surface area contributed by atoms with Gasteiger partial charge in [-0.05, 0) is 31.7 Å². The topological polar surface area (TPSA) is 78.9 Å². The van der Waals surface area contributed by atoms with E-state index in [1.54, 1.807) is 12.3 Å². The highest BCUT2D eigenvalue weighted by molar-refractivity contribution is 5.93. The molecule has 0 saturated heterocycles. The third-order valence-electron chi connectivity index (χ3n) is 3.15. The third-order valence-corrected chi connectivity index (χ3v) is 3.15. The Morgan fingerprint density at radius 3 is 2.88 bits per heavy atom. The molecule has 1 fully saturated rings. The lowest BCUT2D eigenvalue weighted by molar-refractivity contribution is 0.597. The predicted molar refractivity (Wildman–Crippen MR) is 63.6 cm³/mol. The van der Waals surface area contributed by atoms with Gasteiger partial charge in [0.1, 0.15) is 11.5 Å². The molecule has 1 aromatic rings. The van der Waals surface area contributed by atoms with Gasteiger partial charge < -0.3 is 10.6 Å².